The van der Waals surface area contributed by atoms with Crippen molar-refractivity contribution in [2.75, 3.05) is 11.5 Å². The molecule has 0 aliphatic carbocycles. The van der Waals surface area contributed by atoms with Crippen molar-refractivity contribution in [2.24, 2.45) is 0 Å². The van der Waals surface area contributed by atoms with E-state index >= 15 is 0 Å². The van der Waals surface area contributed by atoms with E-state index in [1.54, 1.807) is 54.3 Å². The quantitative estimate of drug-likeness (QED) is 0.276. The largest absolute Gasteiger partial charge is 0.462 e. The van der Waals surface area contributed by atoms with Crippen molar-refractivity contribution in [1.82, 2.24) is 0 Å². The number of halogens is 2. The van der Waals surface area contributed by atoms with Gasteiger partial charge in [-0.2, -0.15) is 0 Å². The number of ether oxygens (including phenoxy) is 1. The number of hydrogen-bond donors (Lipinski definition) is 0. The summed E-state index contributed by atoms with van der Waals surface area (Å²) in [4.78, 5) is 27.3. The lowest BCUT2D eigenvalue weighted by Crippen LogP contribution is -2.30. The second-order valence-electron chi connectivity index (χ2n) is 7.46. The monoisotopic (exact) mass is 477 g/mol. The first-order valence-corrected chi connectivity index (χ1v) is 11.2. The van der Waals surface area contributed by atoms with Gasteiger partial charge < -0.3 is 9.64 Å². The number of carbonyl (C=O) groups excluding carboxylic acids is 2. The molecule has 166 valence electrons. The minimum Gasteiger partial charge on any atom is -0.462 e. The fraction of sp³-hybridized carbons (Fsp3) is 0.111. The van der Waals surface area contributed by atoms with Gasteiger partial charge in [-0.1, -0.05) is 59.6 Å². The summed E-state index contributed by atoms with van der Waals surface area (Å²) < 4.78 is 5.06. The van der Waals surface area contributed by atoms with E-state index in [1.807, 2.05) is 42.5 Å². The number of hydrogen-bond acceptors (Lipinski definition) is 3. The zero-order chi connectivity index (χ0) is 23.4. The van der Waals surface area contributed by atoms with Gasteiger partial charge in [-0.05, 0) is 71.8 Å². The van der Waals surface area contributed by atoms with Crippen LogP contribution in [0.4, 0.5) is 5.69 Å². The highest BCUT2D eigenvalue weighted by molar-refractivity contribution is 6.35. The third-order valence-corrected chi connectivity index (χ3v) is 5.86. The molecule has 0 N–H and O–H groups in total. The van der Waals surface area contributed by atoms with Crippen LogP contribution in [-0.4, -0.2) is 18.5 Å². The molecule has 4 nitrogen and oxygen atoms in total. The van der Waals surface area contributed by atoms with E-state index in [0.29, 0.717) is 33.5 Å². The SMILES string of the molecule is CCOC(=O)c1ccc(N(Cc2ccc(Cl)cc2Cl)C(=O)c2ccc3ccccc3c2)cc1. The topological polar surface area (TPSA) is 46.6 Å². The summed E-state index contributed by atoms with van der Waals surface area (Å²) in [5, 5.41) is 3.03. The number of carbonyl (C=O) groups is 2. The molecule has 33 heavy (non-hydrogen) atoms. The average molecular weight is 478 g/mol. The van der Waals surface area contributed by atoms with E-state index < -0.39 is 5.97 Å². The van der Waals surface area contributed by atoms with Gasteiger partial charge in [-0.15, -0.1) is 0 Å². The lowest BCUT2D eigenvalue weighted by Gasteiger charge is -2.24. The molecule has 0 bridgehead atoms. The molecule has 0 aliphatic rings. The normalized spacial score (nSPS) is 10.8. The van der Waals surface area contributed by atoms with Crippen molar-refractivity contribution in [3.05, 3.63) is 112 Å². The van der Waals surface area contributed by atoms with E-state index in [2.05, 4.69) is 0 Å². The van der Waals surface area contributed by atoms with Gasteiger partial charge in [-0.3, -0.25) is 4.79 Å². The summed E-state index contributed by atoms with van der Waals surface area (Å²) in [6.07, 6.45) is 0. The molecule has 0 atom stereocenters. The van der Waals surface area contributed by atoms with Gasteiger partial charge >= 0.3 is 5.97 Å². The van der Waals surface area contributed by atoms with E-state index in [1.165, 1.54) is 0 Å². The first-order valence-electron chi connectivity index (χ1n) is 10.5. The highest BCUT2D eigenvalue weighted by atomic mass is 35.5. The molecule has 1 amide bonds. The summed E-state index contributed by atoms with van der Waals surface area (Å²) in [5.41, 5.74) is 2.35. The molecule has 0 radical (unpaired) electrons. The highest BCUT2D eigenvalue weighted by Crippen LogP contribution is 2.27. The summed E-state index contributed by atoms with van der Waals surface area (Å²) in [6, 6.07) is 25.5. The van der Waals surface area contributed by atoms with Crippen molar-refractivity contribution < 1.29 is 14.3 Å². The van der Waals surface area contributed by atoms with Gasteiger partial charge in [0.2, 0.25) is 0 Å². The predicted octanol–water partition coefficient (Wildman–Crippen LogP) is 7.17. The van der Waals surface area contributed by atoms with Crippen molar-refractivity contribution in [1.29, 1.82) is 0 Å². The zero-order valence-electron chi connectivity index (χ0n) is 17.9. The van der Waals surface area contributed by atoms with E-state index in [0.717, 1.165) is 16.3 Å². The van der Waals surface area contributed by atoms with Gasteiger partial charge in [0, 0.05) is 21.3 Å². The number of anilines is 1. The van der Waals surface area contributed by atoms with Gasteiger partial charge in [0.05, 0.1) is 18.7 Å². The fourth-order valence-electron chi connectivity index (χ4n) is 3.57. The molecule has 0 saturated carbocycles. The van der Waals surface area contributed by atoms with Crippen LogP contribution in [0.15, 0.2) is 84.9 Å². The third-order valence-electron chi connectivity index (χ3n) is 5.28. The number of nitrogens with zero attached hydrogens (tertiary/aromatic N) is 1. The van der Waals surface area contributed by atoms with Crippen LogP contribution in [0.25, 0.3) is 10.8 Å². The first kappa shape index (κ1) is 22.8. The molecular formula is C27H21Cl2NO3. The highest BCUT2D eigenvalue weighted by Gasteiger charge is 2.20. The van der Waals surface area contributed by atoms with Crippen molar-refractivity contribution in [2.45, 2.75) is 13.5 Å². The Labute approximate surface area is 202 Å². The molecule has 6 heteroatoms. The zero-order valence-corrected chi connectivity index (χ0v) is 19.4. The Hall–Kier alpha value is -3.34. The van der Waals surface area contributed by atoms with Crippen LogP contribution in [-0.2, 0) is 11.3 Å². The molecule has 4 aromatic rings. The predicted molar refractivity (Wildman–Crippen MR) is 133 cm³/mol. The van der Waals surface area contributed by atoms with Crippen molar-refractivity contribution >= 4 is 51.5 Å². The second kappa shape index (κ2) is 10.1. The van der Waals surface area contributed by atoms with Gasteiger partial charge in [0.1, 0.15) is 0 Å². The van der Waals surface area contributed by atoms with Crippen LogP contribution >= 0.6 is 23.2 Å². The molecule has 0 unspecified atom stereocenters. The third kappa shape index (κ3) is 5.19. The maximum atomic E-state index is 13.7. The number of rotatable bonds is 6. The van der Waals surface area contributed by atoms with Crippen LogP contribution in [0, 0.1) is 0 Å². The van der Waals surface area contributed by atoms with Gasteiger partial charge in [0.15, 0.2) is 0 Å². The maximum Gasteiger partial charge on any atom is 0.338 e. The Bertz CT molecular complexity index is 1320. The van der Waals surface area contributed by atoms with Crippen LogP contribution in [0.1, 0.15) is 33.2 Å². The molecular weight excluding hydrogens is 457 g/mol. The standard InChI is InChI=1S/C27H21Cl2NO3/c1-2-33-27(32)19-10-13-24(14-11-19)30(17-22-9-12-23(28)16-25(22)29)26(31)21-8-7-18-5-3-4-6-20(18)15-21/h3-16H,2,17H2,1H3. The molecule has 0 spiro atoms. The Morgan fingerprint density at radius 3 is 2.21 bits per heavy atom. The number of fused-ring (bicyclic) bond motifs is 1. The Kier molecular flexibility index (Phi) is 6.97. The van der Waals surface area contributed by atoms with Crippen molar-refractivity contribution in [3.8, 4) is 0 Å². The lowest BCUT2D eigenvalue weighted by atomic mass is 10.1. The summed E-state index contributed by atoms with van der Waals surface area (Å²) in [5.74, 6) is -0.590. The number of esters is 1. The van der Waals surface area contributed by atoms with Crippen LogP contribution in [0.3, 0.4) is 0 Å². The summed E-state index contributed by atoms with van der Waals surface area (Å²) in [7, 11) is 0. The average Bonchev–Trinajstić information content (AvgIpc) is 2.83. The minimum absolute atomic E-state index is 0.185. The number of benzene rings is 4. The Morgan fingerprint density at radius 1 is 0.818 bits per heavy atom. The van der Waals surface area contributed by atoms with Gasteiger partial charge in [0.25, 0.3) is 5.91 Å². The van der Waals surface area contributed by atoms with Crippen LogP contribution in [0.5, 0.6) is 0 Å². The first-order chi connectivity index (χ1) is 16.0. The smallest absolute Gasteiger partial charge is 0.338 e. The molecule has 0 heterocycles. The van der Waals surface area contributed by atoms with Crippen LogP contribution in [0.2, 0.25) is 10.0 Å². The maximum absolute atomic E-state index is 13.7. The number of amides is 1. The van der Waals surface area contributed by atoms with E-state index in [-0.39, 0.29) is 12.5 Å². The Morgan fingerprint density at radius 2 is 1.52 bits per heavy atom. The van der Waals surface area contributed by atoms with E-state index in [4.69, 9.17) is 27.9 Å². The molecule has 4 aromatic carbocycles. The molecule has 0 aliphatic heterocycles. The fourth-order valence-corrected chi connectivity index (χ4v) is 4.04. The second-order valence-corrected chi connectivity index (χ2v) is 8.30. The molecule has 0 aromatic heterocycles. The molecule has 0 saturated heterocycles. The van der Waals surface area contributed by atoms with E-state index in [9.17, 15) is 9.59 Å². The summed E-state index contributed by atoms with van der Waals surface area (Å²) in [6.45, 7) is 2.29. The molecule has 4 rings (SSSR count). The molecule has 0 fully saturated rings. The minimum atomic E-state index is -0.405. The van der Waals surface area contributed by atoms with Crippen molar-refractivity contribution in [3.63, 3.8) is 0 Å². The Balaban J connectivity index is 1.72. The lowest BCUT2D eigenvalue weighted by molar-refractivity contribution is 0.0526. The summed E-state index contributed by atoms with van der Waals surface area (Å²) >= 11 is 12.5. The van der Waals surface area contributed by atoms with Gasteiger partial charge in [-0.25, -0.2) is 4.79 Å². The van der Waals surface area contributed by atoms with Crippen LogP contribution < -0.4 is 4.90 Å².